The van der Waals surface area contributed by atoms with E-state index in [0.717, 1.165) is 5.56 Å². The van der Waals surface area contributed by atoms with Crippen LogP contribution in [-0.2, 0) is 6.42 Å². The number of halogens is 3. The van der Waals surface area contributed by atoms with E-state index >= 15 is 0 Å². The second kappa shape index (κ2) is 9.79. The third-order valence-electron chi connectivity index (χ3n) is 5.00. The molecule has 0 unspecified atom stereocenters. The van der Waals surface area contributed by atoms with Gasteiger partial charge in [0, 0.05) is 27.6 Å². The summed E-state index contributed by atoms with van der Waals surface area (Å²) in [4.78, 5) is 21.3. The summed E-state index contributed by atoms with van der Waals surface area (Å²) in [6.07, 6.45) is 4.49. The van der Waals surface area contributed by atoms with E-state index in [0.29, 0.717) is 43.5 Å². The molecule has 0 fully saturated rings. The number of rotatable bonds is 6. The molecule has 0 aliphatic rings. The van der Waals surface area contributed by atoms with Crippen molar-refractivity contribution in [2.24, 2.45) is 0 Å². The first-order chi connectivity index (χ1) is 17.0. The number of aromatic nitrogens is 8. The summed E-state index contributed by atoms with van der Waals surface area (Å²) in [5, 5.41) is 23.0. The van der Waals surface area contributed by atoms with Crippen molar-refractivity contribution < 1.29 is 4.79 Å². The Morgan fingerprint density at radius 2 is 1.74 bits per heavy atom. The van der Waals surface area contributed by atoms with Crippen LogP contribution in [0.5, 0.6) is 0 Å². The van der Waals surface area contributed by atoms with E-state index in [2.05, 4.69) is 41.0 Å². The van der Waals surface area contributed by atoms with E-state index in [1.54, 1.807) is 35.0 Å². The zero-order valence-electron chi connectivity index (χ0n) is 17.7. The SMILES string of the molecule is O=C(Nc1cncnc1)c1nn(-c2ccc(Cl)cc2Cl)c(-c2ccc(Cl)cc2)c1Cc1nn[nH]n1. The largest absolute Gasteiger partial charge is 0.318 e. The second-order valence-electron chi connectivity index (χ2n) is 7.28. The molecule has 13 heteroatoms. The lowest BCUT2D eigenvalue weighted by Gasteiger charge is -2.11. The Morgan fingerprint density at radius 3 is 2.43 bits per heavy atom. The van der Waals surface area contributed by atoms with Gasteiger partial charge in [-0.1, -0.05) is 52.1 Å². The summed E-state index contributed by atoms with van der Waals surface area (Å²) >= 11 is 18.8. The summed E-state index contributed by atoms with van der Waals surface area (Å²) < 4.78 is 1.59. The number of amides is 1. The van der Waals surface area contributed by atoms with Crippen molar-refractivity contribution in [1.82, 2.24) is 40.4 Å². The molecule has 174 valence electrons. The van der Waals surface area contributed by atoms with Gasteiger partial charge in [-0.25, -0.2) is 14.6 Å². The molecule has 0 aliphatic carbocycles. The zero-order valence-corrected chi connectivity index (χ0v) is 19.9. The third-order valence-corrected chi connectivity index (χ3v) is 5.79. The standard InChI is InChI=1S/C22H14Cl3N9O/c23-13-3-1-12(2-4-13)21-16(8-19-29-32-33-30-19)20(22(35)28-15-9-26-11-27-10-15)31-34(21)18-6-5-14(24)7-17(18)25/h1-7,9-11H,8H2,(H,28,35)(H,29,30,32,33). The maximum Gasteiger partial charge on any atom is 0.276 e. The number of anilines is 1. The van der Waals surface area contributed by atoms with Crippen LogP contribution in [0.25, 0.3) is 16.9 Å². The molecule has 2 aromatic carbocycles. The topological polar surface area (TPSA) is 127 Å². The minimum Gasteiger partial charge on any atom is -0.318 e. The van der Waals surface area contributed by atoms with Crippen molar-refractivity contribution in [3.05, 3.63) is 93.3 Å². The molecule has 0 atom stereocenters. The number of carbonyl (C=O) groups excluding carboxylic acids is 1. The van der Waals surface area contributed by atoms with Crippen LogP contribution in [-0.4, -0.2) is 46.3 Å². The average Bonchev–Trinajstić information content (AvgIpc) is 3.49. The highest BCUT2D eigenvalue weighted by Gasteiger charge is 2.27. The molecule has 5 aromatic rings. The van der Waals surface area contributed by atoms with E-state index in [9.17, 15) is 4.79 Å². The number of H-pyrrole nitrogens is 1. The molecule has 35 heavy (non-hydrogen) atoms. The first-order valence-corrected chi connectivity index (χ1v) is 11.2. The summed E-state index contributed by atoms with van der Waals surface area (Å²) in [6, 6.07) is 12.2. The highest BCUT2D eigenvalue weighted by molar-refractivity contribution is 6.35. The molecule has 0 saturated heterocycles. The van der Waals surface area contributed by atoms with Gasteiger partial charge in [0.2, 0.25) is 0 Å². The van der Waals surface area contributed by atoms with Crippen molar-refractivity contribution in [1.29, 1.82) is 0 Å². The van der Waals surface area contributed by atoms with E-state index in [1.165, 1.54) is 18.7 Å². The predicted octanol–water partition coefficient (Wildman–Crippen LogP) is 4.65. The number of hydrogen-bond acceptors (Lipinski definition) is 7. The molecule has 0 saturated carbocycles. The van der Waals surface area contributed by atoms with Gasteiger partial charge in [-0.05, 0) is 30.3 Å². The van der Waals surface area contributed by atoms with Gasteiger partial charge < -0.3 is 5.32 Å². The summed E-state index contributed by atoms with van der Waals surface area (Å²) in [5.74, 6) is -0.101. The molecule has 0 spiro atoms. The first kappa shape index (κ1) is 22.9. The Balaban J connectivity index is 1.73. The quantitative estimate of drug-likeness (QED) is 0.330. The Kier molecular flexibility index (Phi) is 6.41. The second-order valence-corrected chi connectivity index (χ2v) is 8.56. The summed E-state index contributed by atoms with van der Waals surface area (Å²) in [5.41, 5.74) is 2.97. The number of tetrazole rings is 1. The predicted molar refractivity (Wildman–Crippen MR) is 131 cm³/mol. The number of nitrogens with one attached hydrogen (secondary N) is 2. The Morgan fingerprint density at radius 1 is 1.00 bits per heavy atom. The Bertz CT molecular complexity index is 1490. The number of hydrogen-bond donors (Lipinski definition) is 2. The monoisotopic (exact) mass is 525 g/mol. The fourth-order valence-corrected chi connectivity index (χ4v) is 4.12. The van der Waals surface area contributed by atoms with Crippen molar-refractivity contribution in [2.75, 3.05) is 5.32 Å². The molecule has 1 amide bonds. The molecule has 3 heterocycles. The molecule has 0 radical (unpaired) electrons. The minimum atomic E-state index is -0.475. The van der Waals surface area contributed by atoms with Gasteiger partial charge in [0.05, 0.1) is 34.5 Å². The smallest absolute Gasteiger partial charge is 0.276 e. The fraction of sp³-hybridized carbons (Fsp3) is 0.0455. The maximum atomic E-state index is 13.4. The summed E-state index contributed by atoms with van der Waals surface area (Å²) in [7, 11) is 0. The van der Waals surface area contributed by atoms with E-state index < -0.39 is 5.91 Å². The molecule has 2 N–H and O–H groups in total. The van der Waals surface area contributed by atoms with E-state index in [-0.39, 0.29) is 12.1 Å². The van der Waals surface area contributed by atoms with Crippen LogP contribution in [0, 0.1) is 0 Å². The number of nitrogens with zero attached hydrogens (tertiary/aromatic N) is 7. The first-order valence-electron chi connectivity index (χ1n) is 10.1. The van der Waals surface area contributed by atoms with E-state index in [4.69, 9.17) is 34.8 Å². The van der Waals surface area contributed by atoms with Crippen molar-refractivity contribution >= 4 is 46.4 Å². The molecule has 10 nitrogen and oxygen atoms in total. The van der Waals surface area contributed by atoms with Crippen LogP contribution in [0.4, 0.5) is 5.69 Å². The molecule has 0 aliphatic heterocycles. The van der Waals surface area contributed by atoms with Crippen LogP contribution < -0.4 is 5.32 Å². The van der Waals surface area contributed by atoms with Gasteiger partial charge in [-0.3, -0.25) is 4.79 Å². The lowest BCUT2D eigenvalue weighted by Crippen LogP contribution is -2.15. The van der Waals surface area contributed by atoms with E-state index in [1.807, 2.05) is 12.1 Å². The number of aromatic amines is 1. The van der Waals surface area contributed by atoms with Crippen LogP contribution in [0.15, 0.2) is 61.2 Å². The van der Waals surface area contributed by atoms with Gasteiger partial charge in [-0.15, -0.1) is 10.2 Å². The zero-order chi connectivity index (χ0) is 24.4. The van der Waals surface area contributed by atoms with Gasteiger partial charge in [0.1, 0.15) is 6.33 Å². The molecule has 3 aromatic heterocycles. The van der Waals surface area contributed by atoms with Crippen molar-refractivity contribution in [3.8, 4) is 16.9 Å². The van der Waals surface area contributed by atoms with Crippen molar-refractivity contribution in [2.45, 2.75) is 6.42 Å². The highest BCUT2D eigenvalue weighted by Crippen LogP contribution is 2.34. The lowest BCUT2D eigenvalue weighted by molar-refractivity contribution is 0.102. The van der Waals surface area contributed by atoms with Gasteiger partial charge >= 0.3 is 0 Å². The Labute approximate surface area is 213 Å². The van der Waals surface area contributed by atoms with Gasteiger partial charge in [0.25, 0.3) is 5.91 Å². The number of carbonyl (C=O) groups is 1. The molecule has 5 rings (SSSR count). The maximum absolute atomic E-state index is 13.4. The van der Waals surface area contributed by atoms with Gasteiger partial charge in [-0.2, -0.15) is 10.3 Å². The van der Waals surface area contributed by atoms with Crippen LogP contribution in [0.3, 0.4) is 0 Å². The number of benzene rings is 2. The average molecular weight is 527 g/mol. The molecule has 0 bridgehead atoms. The van der Waals surface area contributed by atoms with Crippen LogP contribution in [0.1, 0.15) is 21.9 Å². The van der Waals surface area contributed by atoms with Crippen molar-refractivity contribution in [3.63, 3.8) is 0 Å². The van der Waals surface area contributed by atoms with Crippen LogP contribution >= 0.6 is 34.8 Å². The van der Waals surface area contributed by atoms with Gasteiger partial charge in [0.15, 0.2) is 11.5 Å². The Hall–Kier alpha value is -3.86. The minimum absolute atomic E-state index is 0.134. The summed E-state index contributed by atoms with van der Waals surface area (Å²) in [6.45, 7) is 0. The molecular formula is C22H14Cl3N9O. The lowest BCUT2D eigenvalue weighted by atomic mass is 10.0. The third kappa shape index (κ3) is 4.85. The fourth-order valence-electron chi connectivity index (χ4n) is 3.50. The highest BCUT2D eigenvalue weighted by atomic mass is 35.5. The molecular weight excluding hydrogens is 513 g/mol. The van der Waals surface area contributed by atoms with Crippen LogP contribution in [0.2, 0.25) is 15.1 Å². The normalized spacial score (nSPS) is 10.9.